The van der Waals surface area contributed by atoms with Crippen LogP contribution in [0.1, 0.15) is 5.69 Å². The van der Waals surface area contributed by atoms with Crippen molar-refractivity contribution in [2.75, 3.05) is 0 Å². The zero-order valence-corrected chi connectivity index (χ0v) is 7.95. The van der Waals surface area contributed by atoms with E-state index in [2.05, 4.69) is 10.9 Å². The molecular weight excluding hydrogens is 198 g/mol. The Labute approximate surface area is 86.5 Å². The van der Waals surface area contributed by atoms with E-state index in [1.165, 1.54) is 6.26 Å². The molecule has 1 aromatic carbocycles. The van der Waals surface area contributed by atoms with Crippen molar-refractivity contribution in [2.45, 2.75) is 0 Å². The van der Waals surface area contributed by atoms with E-state index in [0.717, 1.165) is 5.56 Å². The number of rotatable bonds is 1. The predicted octanol–water partition coefficient (Wildman–Crippen LogP) is 2.98. The van der Waals surface area contributed by atoms with Gasteiger partial charge in [-0.25, -0.2) is 4.98 Å². The summed E-state index contributed by atoms with van der Waals surface area (Å²) in [6, 6.07) is 7.25. The Morgan fingerprint density at radius 2 is 2.29 bits per heavy atom. The van der Waals surface area contributed by atoms with E-state index in [0.29, 0.717) is 16.6 Å². The number of terminal acetylenes is 1. The highest BCUT2D eigenvalue weighted by atomic mass is 35.5. The molecule has 0 fully saturated rings. The predicted molar refractivity (Wildman–Crippen MR) is 54.9 cm³/mol. The van der Waals surface area contributed by atoms with Crippen LogP contribution in [0, 0.1) is 12.3 Å². The van der Waals surface area contributed by atoms with E-state index in [9.17, 15) is 0 Å². The summed E-state index contributed by atoms with van der Waals surface area (Å²) in [6.45, 7) is 0. The SMILES string of the molecule is C#Cc1coc(-c2cccc(Cl)c2)n1. The molecular formula is C11H6ClNO. The lowest BCUT2D eigenvalue weighted by Crippen LogP contribution is -1.77. The number of aromatic nitrogens is 1. The number of halogens is 1. The van der Waals surface area contributed by atoms with Gasteiger partial charge in [0.1, 0.15) is 6.26 Å². The molecule has 0 amide bonds. The van der Waals surface area contributed by atoms with E-state index < -0.39 is 0 Å². The second kappa shape index (κ2) is 3.57. The van der Waals surface area contributed by atoms with E-state index >= 15 is 0 Å². The third-order valence-corrected chi connectivity index (χ3v) is 1.96. The summed E-state index contributed by atoms with van der Waals surface area (Å²) in [7, 11) is 0. The number of oxazole rings is 1. The second-order valence-electron chi connectivity index (χ2n) is 2.69. The molecule has 68 valence electrons. The maximum Gasteiger partial charge on any atom is 0.227 e. The lowest BCUT2D eigenvalue weighted by atomic mass is 10.2. The van der Waals surface area contributed by atoms with Gasteiger partial charge < -0.3 is 4.42 Å². The standard InChI is InChI=1S/C11H6ClNO/c1-2-10-7-14-11(13-10)8-4-3-5-9(12)6-8/h1,3-7H. The molecule has 0 aliphatic rings. The lowest BCUT2D eigenvalue weighted by Gasteiger charge is -1.94. The van der Waals surface area contributed by atoms with Gasteiger partial charge in [-0.05, 0) is 24.1 Å². The van der Waals surface area contributed by atoms with Crippen LogP contribution in [0.25, 0.3) is 11.5 Å². The molecule has 2 nitrogen and oxygen atoms in total. The molecule has 3 heteroatoms. The summed E-state index contributed by atoms with van der Waals surface area (Å²) >= 11 is 5.83. The number of nitrogens with zero attached hydrogens (tertiary/aromatic N) is 1. The fraction of sp³-hybridized carbons (Fsp3) is 0. The Kier molecular flexibility index (Phi) is 2.26. The quantitative estimate of drug-likeness (QED) is 0.666. The van der Waals surface area contributed by atoms with Crippen molar-refractivity contribution in [3.05, 3.63) is 41.2 Å². The molecule has 2 aromatic rings. The Morgan fingerprint density at radius 3 is 2.93 bits per heavy atom. The molecule has 0 bridgehead atoms. The maximum atomic E-state index is 5.83. The van der Waals surface area contributed by atoms with Crippen molar-refractivity contribution in [3.8, 4) is 23.8 Å². The molecule has 0 N–H and O–H groups in total. The van der Waals surface area contributed by atoms with Crippen LogP contribution >= 0.6 is 11.6 Å². The molecule has 0 spiro atoms. The van der Waals surface area contributed by atoms with Crippen molar-refractivity contribution in [2.24, 2.45) is 0 Å². The molecule has 0 atom stereocenters. The number of benzene rings is 1. The highest BCUT2D eigenvalue weighted by Gasteiger charge is 2.04. The fourth-order valence-electron chi connectivity index (χ4n) is 1.09. The average molecular weight is 204 g/mol. The highest BCUT2D eigenvalue weighted by molar-refractivity contribution is 6.30. The van der Waals surface area contributed by atoms with Crippen molar-refractivity contribution in [1.82, 2.24) is 4.98 Å². The first-order valence-corrected chi connectivity index (χ1v) is 4.35. The van der Waals surface area contributed by atoms with Crippen molar-refractivity contribution >= 4 is 11.6 Å². The van der Waals surface area contributed by atoms with Crippen LogP contribution in [0.5, 0.6) is 0 Å². The number of hydrogen-bond donors (Lipinski definition) is 0. The topological polar surface area (TPSA) is 26.0 Å². The van der Waals surface area contributed by atoms with Gasteiger partial charge in [0.2, 0.25) is 5.89 Å². The summed E-state index contributed by atoms with van der Waals surface area (Å²) in [5.41, 5.74) is 1.30. The van der Waals surface area contributed by atoms with Gasteiger partial charge in [-0.1, -0.05) is 17.7 Å². The van der Waals surface area contributed by atoms with Crippen LogP contribution in [0.2, 0.25) is 5.02 Å². The van der Waals surface area contributed by atoms with Crippen molar-refractivity contribution in [1.29, 1.82) is 0 Å². The fourth-order valence-corrected chi connectivity index (χ4v) is 1.28. The van der Waals surface area contributed by atoms with Crippen LogP contribution in [0.15, 0.2) is 34.9 Å². The molecule has 0 radical (unpaired) electrons. The second-order valence-corrected chi connectivity index (χ2v) is 3.13. The highest BCUT2D eigenvalue weighted by Crippen LogP contribution is 2.21. The Morgan fingerprint density at radius 1 is 1.43 bits per heavy atom. The van der Waals surface area contributed by atoms with Gasteiger partial charge in [-0.2, -0.15) is 0 Å². The minimum Gasteiger partial charge on any atom is -0.443 e. The van der Waals surface area contributed by atoms with Gasteiger partial charge in [0.25, 0.3) is 0 Å². The monoisotopic (exact) mass is 203 g/mol. The summed E-state index contributed by atoms with van der Waals surface area (Å²) in [4.78, 5) is 4.08. The first kappa shape index (κ1) is 8.86. The molecule has 14 heavy (non-hydrogen) atoms. The first-order chi connectivity index (χ1) is 6.79. The van der Waals surface area contributed by atoms with Crippen LogP contribution in [0.3, 0.4) is 0 Å². The largest absolute Gasteiger partial charge is 0.443 e. The van der Waals surface area contributed by atoms with Gasteiger partial charge in [0.15, 0.2) is 5.69 Å². The third kappa shape index (κ3) is 1.63. The molecule has 0 saturated carbocycles. The molecule has 2 rings (SSSR count). The minimum absolute atomic E-state index is 0.486. The molecule has 0 saturated heterocycles. The molecule has 0 unspecified atom stereocenters. The average Bonchev–Trinajstić information content (AvgIpc) is 2.66. The molecule has 0 aliphatic heterocycles. The van der Waals surface area contributed by atoms with Gasteiger partial charge >= 0.3 is 0 Å². The van der Waals surface area contributed by atoms with Gasteiger partial charge in [-0.15, -0.1) is 6.42 Å². The Balaban J connectivity index is 2.45. The molecule has 1 heterocycles. The summed E-state index contributed by atoms with van der Waals surface area (Å²) in [5, 5.41) is 0.642. The zero-order chi connectivity index (χ0) is 9.97. The van der Waals surface area contributed by atoms with Crippen LogP contribution < -0.4 is 0 Å². The van der Waals surface area contributed by atoms with E-state index in [-0.39, 0.29) is 0 Å². The lowest BCUT2D eigenvalue weighted by molar-refractivity contribution is 0.574. The van der Waals surface area contributed by atoms with Crippen LogP contribution in [-0.2, 0) is 0 Å². The molecule has 0 aliphatic carbocycles. The van der Waals surface area contributed by atoms with Gasteiger partial charge in [0, 0.05) is 10.6 Å². The zero-order valence-electron chi connectivity index (χ0n) is 7.20. The van der Waals surface area contributed by atoms with Crippen LogP contribution in [0.4, 0.5) is 0 Å². The van der Waals surface area contributed by atoms with Gasteiger partial charge in [-0.3, -0.25) is 0 Å². The summed E-state index contributed by atoms with van der Waals surface area (Å²) in [6.07, 6.45) is 6.61. The summed E-state index contributed by atoms with van der Waals surface area (Å²) in [5.74, 6) is 2.88. The molecule has 1 aromatic heterocycles. The Hall–Kier alpha value is -1.72. The smallest absolute Gasteiger partial charge is 0.227 e. The summed E-state index contributed by atoms with van der Waals surface area (Å²) < 4.78 is 5.18. The van der Waals surface area contributed by atoms with Gasteiger partial charge in [0.05, 0.1) is 0 Å². The van der Waals surface area contributed by atoms with E-state index in [1.807, 2.05) is 12.1 Å². The van der Waals surface area contributed by atoms with E-state index in [1.54, 1.807) is 12.1 Å². The first-order valence-electron chi connectivity index (χ1n) is 3.97. The van der Waals surface area contributed by atoms with Crippen LogP contribution in [-0.4, -0.2) is 4.98 Å². The van der Waals surface area contributed by atoms with Crippen molar-refractivity contribution < 1.29 is 4.42 Å². The third-order valence-electron chi connectivity index (χ3n) is 1.72. The normalized spacial score (nSPS) is 9.71. The Bertz CT molecular complexity index is 496. The van der Waals surface area contributed by atoms with E-state index in [4.69, 9.17) is 22.4 Å². The van der Waals surface area contributed by atoms with Crippen molar-refractivity contribution in [3.63, 3.8) is 0 Å². The minimum atomic E-state index is 0.486. The number of hydrogen-bond acceptors (Lipinski definition) is 2. The maximum absolute atomic E-state index is 5.83.